The number of aliphatic hydroxyl groups excluding tert-OH is 1. The van der Waals surface area contributed by atoms with E-state index in [1.54, 1.807) is 6.92 Å². The Balaban J connectivity index is 2.16. The van der Waals surface area contributed by atoms with E-state index in [2.05, 4.69) is 15.1 Å². The minimum absolute atomic E-state index is 0.0137. The molecule has 0 aromatic carbocycles. The van der Waals surface area contributed by atoms with Crippen molar-refractivity contribution in [3.8, 4) is 17.6 Å². The molecule has 1 atom stereocenters. The van der Waals surface area contributed by atoms with Crippen LogP contribution in [-0.2, 0) is 19.6 Å². The maximum Gasteiger partial charge on any atom is 0.425 e. The number of aromatic nitrogens is 5. The van der Waals surface area contributed by atoms with Gasteiger partial charge in [-0.1, -0.05) is 11.6 Å². The van der Waals surface area contributed by atoms with E-state index >= 15 is 4.39 Å². The summed E-state index contributed by atoms with van der Waals surface area (Å²) in [7, 11) is 1.27. The molecule has 3 aromatic heterocycles. The van der Waals surface area contributed by atoms with Crippen molar-refractivity contribution >= 4 is 17.4 Å². The van der Waals surface area contributed by atoms with Gasteiger partial charge in [0.05, 0.1) is 17.7 Å². The largest absolute Gasteiger partial charge is 0.481 e. The SMILES string of the molecule is CCn1c(CO)nn(-c2nc(O[C@@H](C)C(F)(F)F)c(C(=O)Cc3c(Cl)ccnc3OC)cc2F)c1=O. The first-order valence-electron chi connectivity index (χ1n) is 10.4. The minimum Gasteiger partial charge on any atom is -0.481 e. The fraction of sp³-hybridized carbons (Fsp3) is 0.381. The van der Waals surface area contributed by atoms with Crippen molar-refractivity contribution in [1.29, 1.82) is 0 Å². The number of halogens is 5. The lowest BCUT2D eigenvalue weighted by molar-refractivity contribution is -0.190. The number of hydrogen-bond acceptors (Lipinski definition) is 8. The van der Waals surface area contributed by atoms with Crippen LogP contribution in [0.5, 0.6) is 11.8 Å². The first-order valence-corrected chi connectivity index (χ1v) is 10.7. The van der Waals surface area contributed by atoms with Gasteiger partial charge in [-0.3, -0.25) is 9.36 Å². The summed E-state index contributed by atoms with van der Waals surface area (Å²) >= 11 is 6.11. The van der Waals surface area contributed by atoms with E-state index in [4.69, 9.17) is 21.1 Å². The number of ether oxygens (including phenoxy) is 2. The molecule has 194 valence electrons. The average Bonchev–Trinajstić information content (AvgIpc) is 3.15. The van der Waals surface area contributed by atoms with Crippen LogP contribution in [-0.4, -0.2) is 54.6 Å². The zero-order valence-corrected chi connectivity index (χ0v) is 19.9. The second-order valence-corrected chi connectivity index (χ2v) is 7.75. The van der Waals surface area contributed by atoms with Gasteiger partial charge in [0.2, 0.25) is 11.8 Å². The zero-order valence-electron chi connectivity index (χ0n) is 19.1. The van der Waals surface area contributed by atoms with Crippen LogP contribution >= 0.6 is 11.6 Å². The molecule has 0 aliphatic carbocycles. The van der Waals surface area contributed by atoms with Gasteiger partial charge in [0, 0.05) is 24.7 Å². The smallest absolute Gasteiger partial charge is 0.425 e. The summed E-state index contributed by atoms with van der Waals surface area (Å²) < 4.78 is 66.2. The molecule has 3 rings (SSSR count). The normalized spacial score (nSPS) is 12.5. The van der Waals surface area contributed by atoms with Crippen LogP contribution in [0.3, 0.4) is 0 Å². The fourth-order valence-electron chi connectivity index (χ4n) is 3.19. The quantitative estimate of drug-likeness (QED) is 0.329. The summed E-state index contributed by atoms with van der Waals surface area (Å²) in [4.78, 5) is 33.3. The van der Waals surface area contributed by atoms with Gasteiger partial charge in [-0.25, -0.2) is 14.2 Å². The molecule has 0 aliphatic heterocycles. The molecule has 0 spiro atoms. The molecule has 0 saturated carbocycles. The Morgan fingerprint density at radius 2 is 2.00 bits per heavy atom. The highest BCUT2D eigenvalue weighted by atomic mass is 35.5. The van der Waals surface area contributed by atoms with E-state index in [-0.39, 0.29) is 28.8 Å². The highest BCUT2D eigenvalue weighted by molar-refractivity contribution is 6.31. The van der Waals surface area contributed by atoms with Crippen LogP contribution in [0.1, 0.15) is 35.6 Å². The average molecular weight is 534 g/mol. The van der Waals surface area contributed by atoms with Crippen molar-refractivity contribution < 1.29 is 36.9 Å². The number of ketones is 1. The molecule has 0 saturated heterocycles. The number of nitrogens with zero attached hydrogens (tertiary/aromatic N) is 5. The van der Waals surface area contributed by atoms with Crippen molar-refractivity contribution in [2.45, 2.75) is 45.7 Å². The van der Waals surface area contributed by atoms with Crippen LogP contribution in [0.15, 0.2) is 23.1 Å². The predicted molar refractivity (Wildman–Crippen MR) is 117 cm³/mol. The fourth-order valence-corrected chi connectivity index (χ4v) is 3.39. The predicted octanol–water partition coefficient (Wildman–Crippen LogP) is 2.89. The third-order valence-corrected chi connectivity index (χ3v) is 5.41. The molecular weight excluding hydrogens is 514 g/mol. The second-order valence-electron chi connectivity index (χ2n) is 7.34. The van der Waals surface area contributed by atoms with E-state index in [1.807, 2.05) is 0 Å². The highest BCUT2D eigenvalue weighted by Crippen LogP contribution is 2.31. The lowest BCUT2D eigenvalue weighted by Crippen LogP contribution is -2.32. The number of carbonyl (C=O) groups is 1. The first kappa shape index (κ1) is 27.1. The number of methoxy groups -OCH3 is 1. The van der Waals surface area contributed by atoms with Crippen LogP contribution in [0.2, 0.25) is 5.02 Å². The third-order valence-electron chi connectivity index (χ3n) is 5.06. The number of alkyl halides is 3. The van der Waals surface area contributed by atoms with E-state index in [1.165, 1.54) is 19.4 Å². The summed E-state index contributed by atoms with van der Waals surface area (Å²) in [5.41, 5.74) is -1.44. The summed E-state index contributed by atoms with van der Waals surface area (Å²) in [6.45, 7) is 1.63. The molecule has 0 fully saturated rings. The van der Waals surface area contributed by atoms with Crippen molar-refractivity contribution in [3.63, 3.8) is 0 Å². The lowest BCUT2D eigenvalue weighted by Gasteiger charge is -2.19. The number of pyridine rings is 2. The summed E-state index contributed by atoms with van der Waals surface area (Å²) in [6.07, 6.45) is -6.51. The van der Waals surface area contributed by atoms with E-state index in [9.17, 15) is 27.9 Å². The molecule has 3 heterocycles. The van der Waals surface area contributed by atoms with Gasteiger partial charge in [-0.15, -0.1) is 5.10 Å². The van der Waals surface area contributed by atoms with Gasteiger partial charge in [0.15, 0.2) is 29.3 Å². The van der Waals surface area contributed by atoms with Crippen molar-refractivity contribution in [1.82, 2.24) is 24.3 Å². The molecule has 3 aromatic rings. The number of carbonyl (C=O) groups excluding carboxylic acids is 1. The molecule has 1 N–H and O–H groups in total. The van der Waals surface area contributed by atoms with Gasteiger partial charge >= 0.3 is 11.9 Å². The van der Waals surface area contributed by atoms with Gasteiger partial charge in [0.1, 0.15) is 6.61 Å². The maximum absolute atomic E-state index is 15.1. The monoisotopic (exact) mass is 533 g/mol. The molecule has 0 bridgehead atoms. The summed E-state index contributed by atoms with van der Waals surface area (Å²) in [6, 6.07) is 1.96. The lowest BCUT2D eigenvalue weighted by atomic mass is 10.0. The van der Waals surface area contributed by atoms with Crippen LogP contribution in [0, 0.1) is 5.82 Å². The Hall–Kier alpha value is -3.52. The molecule has 36 heavy (non-hydrogen) atoms. The molecular formula is C21H20ClF4N5O5. The first-order chi connectivity index (χ1) is 16.9. The summed E-state index contributed by atoms with van der Waals surface area (Å²) in [5, 5.41) is 13.3. The van der Waals surface area contributed by atoms with Gasteiger partial charge in [0.25, 0.3) is 0 Å². The number of aliphatic hydroxyl groups is 1. The topological polar surface area (TPSA) is 121 Å². The van der Waals surface area contributed by atoms with Crippen molar-refractivity contribution in [2.24, 2.45) is 0 Å². The third kappa shape index (κ3) is 5.33. The molecule has 0 radical (unpaired) electrons. The molecule has 0 unspecified atom stereocenters. The second kappa shape index (κ2) is 10.6. The maximum atomic E-state index is 15.1. The summed E-state index contributed by atoms with van der Waals surface area (Å²) in [5.74, 6) is -4.01. The Bertz CT molecular complexity index is 1340. The minimum atomic E-state index is -4.85. The molecule has 10 nitrogen and oxygen atoms in total. The Labute approximate surface area is 206 Å². The van der Waals surface area contributed by atoms with E-state index in [0.717, 1.165) is 4.57 Å². The highest BCUT2D eigenvalue weighted by Gasteiger charge is 2.39. The van der Waals surface area contributed by atoms with Crippen LogP contribution in [0.4, 0.5) is 17.6 Å². The van der Waals surface area contributed by atoms with E-state index in [0.29, 0.717) is 17.7 Å². The van der Waals surface area contributed by atoms with Gasteiger partial charge in [-0.05, 0) is 26.0 Å². The van der Waals surface area contributed by atoms with Gasteiger partial charge < -0.3 is 14.6 Å². The zero-order chi connectivity index (χ0) is 26.8. The standard InChI is InChI=1S/C21H20ClF4N5O5/c1-4-30-16(9-32)29-31(20(30)34)17-14(23)7-12(19(28-17)36-10(2)21(24,25)26)15(33)8-11-13(22)5-6-27-18(11)35-3/h5-7,10,32H,4,8-9H2,1-3H3/t10-/m0/s1. The molecule has 0 amide bonds. The molecule has 15 heteroatoms. The Morgan fingerprint density at radius 3 is 2.56 bits per heavy atom. The Morgan fingerprint density at radius 1 is 1.31 bits per heavy atom. The van der Waals surface area contributed by atoms with Crippen molar-refractivity contribution in [3.05, 3.63) is 56.6 Å². The van der Waals surface area contributed by atoms with Crippen molar-refractivity contribution in [2.75, 3.05) is 7.11 Å². The number of Topliss-reactive ketones (excluding diaryl/α,β-unsaturated/α-hetero) is 1. The van der Waals surface area contributed by atoms with Crippen LogP contribution < -0.4 is 15.2 Å². The Kier molecular flexibility index (Phi) is 7.99. The molecule has 0 aliphatic rings. The van der Waals surface area contributed by atoms with E-state index < -0.39 is 59.9 Å². The van der Waals surface area contributed by atoms with Crippen LogP contribution in [0.25, 0.3) is 5.82 Å². The number of rotatable bonds is 9. The van der Waals surface area contributed by atoms with Gasteiger partial charge in [-0.2, -0.15) is 22.8 Å². The number of hydrogen-bond donors (Lipinski definition) is 1.